The van der Waals surface area contributed by atoms with Crippen LogP contribution < -0.4 is 9.64 Å². The Kier molecular flexibility index (Phi) is 6.93. The Hall–Kier alpha value is -7.88. The maximum absolute atomic E-state index is 7.18. The van der Waals surface area contributed by atoms with Crippen LogP contribution in [-0.2, 0) is 5.41 Å². The minimum Gasteiger partial charge on any atom is -0.455 e. The number of rotatable bonds is 4. The van der Waals surface area contributed by atoms with E-state index in [-0.39, 0.29) is 0 Å². The van der Waals surface area contributed by atoms with Crippen LogP contribution in [0.15, 0.2) is 217 Å². The summed E-state index contributed by atoms with van der Waals surface area (Å²) in [5.41, 5.74) is 14.0. The van der Waals surface area contributed by atoms with Crippen LogP contribution >= 0.6 is 0 Å². The molecule has 2 heterocycles. The summed E-state index contributed by atoms with van der Waals surface area (Å²) in [6, 6.07) is 76.6. The highest BCUT2D eigenvalue weighted by molar-refractivity contribution is 6.10. The van der Waals surface area contributed by atoms with Gasteiger partial charge in [0.15, 0.2) is 5.58 Å². The van der Waals surface area contributed by atoms with E-state index >= 15 is 0 Å². The summed E-state index contributed by atoms with van der Waals surface area (Å²) in [6.07, 6.45) is 0. The summed E-state index contributed by atoms with van der Waals surface area (Å²) in [4.78, 5) is 2.30. The van der Waals surface area contributed by atoms with E-state index in [1.807, 2.05) is 12.1 Å². The molecule has 10 aromatic carbocycles. The number of anilines is 3. The monoisotopic (exact) mass is 765 g/mol. The summed E-state index contributed by atoms with van der Waals surface area (Å²) in [7, 11) is 0. The van der Waals surface area contributed by atoms with Gasteiger partial charge in [-0.2, -0.15) is 0 Å². The first kappa shape index (κ1) is 33.1. The predicted octanol–water partition coefficient (Wildman–Crippen LogP) is 15.5. The van der Waals surface area contributed by atoms with Gasteiger partial charge in [0.25, 0.3) is 0 Å². The van der Waals surface area contributed by atoms with Crippen LogP contribution in [0.2, 0.25) is 0 Å². The van der Waals surface area contributed by atoms with Crippen LogP contribution in [0.4, 0.5) is 17.1 Å². The molecule has 3 nitrogen and oxygen atoms in total. The Balaban J connectivity index is 1.03. The van der Waals surface area contributed by atoms with Crippen molar-refractivity contribution in [1.29, 1.82) is 0 Å². The Morgan fingerprint density at radius 3 is 1.68 bits per heavy atom. The van der Waals surface area contributed by atoms with Crippen LogP contribution in [0.5, 0.6) is 11.5 Å². The highest BCUT2D eigenvalue weighted by Gasteiger charge is 2.52. The van der Waals surface area contributed by atoms with Crippen molar-refractivity contribution in [2.24, 2.45) is 0 Å². The molecule has 0 fully saturated rings. The summed E-state index contributed by atoms with van der Waals surface area (Å²) >= 11 is 0. The summed E-state index contributed by atoms with van der Waals surface area (Å²) in [5, 5.41) is 6.78. The van der Waals surface area contributed by atoms with Gasteiger partial charge in [-0.05, 0) is 80.6 Å². The number of para-hydroxylation sites is 3. The molecule has 0 unspecified atom stereocenters. The van der Waals surface area contributed by atoms with Crippen molar-refractivity contribution >= 4 is 60.5 Å². The summed E-state index contributed by atoms with van der Waals surface area (Å²) < 4.78 is 13.8. The third kappa shape index (κ3) is 4.49. The normalized spacial score (nSPS) is 13.3. The molecule has 0 radical (unpaired) electrons. The Morgan fingerprint density at radius 2 is 0.933 bits per heavy atom. The van der Waals surface area contributed by atoms with Gasteiger partial charge in [0.2, 0.25) is 0 Å². The van der Waals surface area contributed by atoms with Gasteiger partial charge in [0.05, 0.1) is 11.1 Å². The molecule has 280 valence electrons. The Bertz CT molecular complexity index is 3440. The fourth-order valence-corrected chi connectivity index (χ4v) is 10.4. The lowest BCUT2D eigenvalue weighted by molar-refractivity contribution is 0.447. The molecule has 0 amide bonds. The molecule has 3 heteroatoms. The molecule has 0 atom stereocenters. The third-order valence-corrected chi connectivity index (χ3v) is 12.9. The van der Waals surface area contributed by atoms with E-state index in [9.17, 15) is 0 Å². The van der Waals surface area contributed by atoms with Gasteiger partial charge in [-0.1, -0.05) is 176 Å². The first-order valence-corrected chi connectivity index (χ1v) is 20.6. The second-order valence-corrected chi connectivity index (χ2v) is 15.9. The molecule has 0 saturated heterocycles. The van der Waals surface area contributed by atoms with Crippen molar-refractivity contribution in [3.8, 4) is 33.8 Å². The van der Waals surface area contributed by atoms with Gasteiger partial charge >= 0.3 is 0 Å². The first-order valence-electron chi connectivity index (χ1n) is 20.6. The van der Waals surface area contributed by atoms with E-state index in [2.05, 4.69) is 205 Å². The molecule has 11 aromatic rings. The Labute approximate surface area is 347 Å². The zero-order valence-electron chi connectivity index (χ0n) is 32.5. The van der Waals surface area contributed by atoms with Gasteiger partial charge in [-0.3, -0.25) is 0 Å². The van der Waals surface area contributed by atoms with Crippen LogP contribution in [0, 0.1) is 0 Å². The zero-order chi connectivity index (χ0) is 39.4. The first-order chi connectivity index (χ1) is 29.8. The molecule has 1 aliphatic heterocycles. The minimum atomic E-state index is -0.603. The lowest BCUT2D eigenvalue weighted by Crippen LogP contribution is -2.32. The molecule has 2 aliphatic rings. The van der Waals surface area contributed by atoms with Gasteiger partial charge < -0.3 is 14.1 Å². The molecule has 1 spiro atoms. The van der Waals surface area contributed by atoms with Gasteiger partial charge in [-0.25, -0.2) is 0 Å². The number of furan rings is 1. The number of ether oxygens (including phenoxy) is 1. The average molecular weight is 766 g/mol. The molecule has 13 rings (SSSR count). The molecule has 60 heavy (non-hydrogen) atoms. The van der Waals surface area contributed by atoms with Crippen molar-refractivity contribution in [3.63, 3.8) is 0 Å². The maximum Gasteiger partial charge on any atom is 0.159 e. The molecule has 0 N–H and O–H groups in total. The lowest BCUT2D eigenvalue weighted by atomic mass is 9.65. The van der Waals surface area contributed by atoms with E-state index in [1.165, 1.54) is 38.9 Å². The lowest BCUT2D eigenvalue weighted by Gasteiger charge is -2.40. The van der Waals surface area contributed by atoms with Crippen molar-refractivity contribution in [2.75, 3.05) is 4.90 Å². The minimum absolute atomic E-state index is 0.603. The van der Waals surface area contributed by atoms with E-state index in [1.54, 1.807) is 0 Å². The second kappa shape index (κ2) is 12.6. The number of nitrogens with zero attached hydrogens (tertiary/aromatic N) is 1. The van der Waals surface area contributed by atoms with Crippen LogP contribution in [0.3, 0.4) is 0 Å². The Morgan fingerprint density at radius 1 is 0.367 bits per heavy atom. The number of hydrogen-bond donors (Lipinski definition) is 0. The average Bonchev–Trinajstić information content (AvgIpc) is 3.84. The van der Waals surface area contributed by atoms with E-state index in [0.29, 0.717) is 0 Å². The third-order valence-electron chi connectivity index (χ3n) is 12.9. The number of benzene rings is 10. The molecule has 1 aliphatic carbocycles. The zero-order valence-corrected chi connectivity index (χ0v) is 32.5. The standard InChI is InChI=1S/C57H35NO2/c1-2-16-39(17-3-1)58(51-26-13-23-45-44-20-9-11-27-52(44)59-56(45)51)40-32-28-38(29-33-40)41-22-12-25-48-53(41)46-21-8-10-24-47(46)57(48)49-34-30-36-14-4-6-18-42(36)54(49)60-55-43-19-7-5-15-37(43)31-35-50(55)57/h1-35H. The van der Waals surface area contributed by atoms with E-state index in [4.69, 9.17) is 9.15 Å². The van der Waals surface area contributed by atoms with Crippen molar-refractivity contribution in [3.05, 3.63) is 235 Å². The summed E-state index contributed by atoms with van der Waals surface area (Å²) in [5.74, 6) is 1.85. The van der Waals surface area contributed by atoms with Crippen molar-refractivity contribution < 1.29 is 9.15 Å². The topological polar surface area (TPSA) is 25.6 Å². The number of hydrogen-bond acceptors (Lipinski definition) is 3. The van der Waals surface area contributed by atoms with Crippen molar-refractivity contribution in [2.45, 2.75) is 5.41 Å². The van der Waals surface area contributed by atoms with Gasteiger partial charge in [0, 0.05) is 44.0 Å². The second-order valence-electron chi connectivity index (χ2n) is 15.9. The SMILES string of the molecule is c1ccc(N(c2ccc(-c3cccc4c3-c3ccccc3C43c4ccc5ccccc5c4Oc4c3ccc3ccccc43)cc2)c2cccc3c2oc2ccccc23)cc1. The molecular weight excluding hydrogens is 731 g/mol. The van der Waals surface area contributed by atoms with Crippen LogP contribution in [-0.4, -0.2) is 0 Å². The fourth-order valence-electron chi connectivity index (χ4n) is 10.4. The van der Waals surface area contributed by atoms with Crippen LogP contribution in [0.1, 0.15) is 22.3 Å². The molecule has 1 aromatic heterocycles. The van der Waals surface area contributed by atoms with Gasteiger partial charge in [0.1, 0.15) is 17.1 Å². The fraction of sp³-hybridized carbons (Fsp3) is 0.0175. The molecule has 0 bridgehead atoms. The van der Waals surface area contributed by atoms with Crippen LogP contribution in [0.25, 0.3) is 65.7 Å². The smallest absolute Gasteiger partial charge is 0.159 e. The predicted molar refractivity (Wildman–Crippen MR) is 246 cm³/mol. The van der Waals surface area contributed by atoms with E-state index < -0.39 is 5.41 Å². The molecule has 0 saturated carbocycles. The maximum atomic E-state index is 7.18. The highest BCUT2D eigenvalue weighted by Crippen LogP contribution is 2.65. The number of fused-ring (bicyclic) bond motifs is 16. The molecular formula is C57H35NO2. The quantitative estimate of drug-likeness (QED) is 0.178. The van der Waals surface area contributed by atoms with E-state index in [0.717, 1.165) is 77.6 Å². The summed E-state index contributed by atoms with van der Waals surface area (Å²) in [6.45, 7) is 0. The van der Waals surface area contributed by atoms with Crippen molar-refractivity contribution in [1.82, 2.24) is 0 Å². The highest BCUT2D eigenvalue weighted by atomic mass is 16.5. The largest absolute Gasteiger partial charge is 0.455 e. The van der Waals surface area contributed by atoms with Gasteiger partial charge in [-0.15, -0.1) is 0 Å².